The Balaban J connectivity index is 2.08. The van der Waals surface area contributed by atoms with E-state index in [9.17, 15) is 13.2 Å². The first-order valence-electron chi connectivity index (χ1n) is 6.64. The molecule has 7 nitrogen and oxygen atoms in total. The molecule has 0 aliphatic heterocycles. The van der Waals surface area contributed by atoms with Crippen molar-refractivity contribution < 1.29 is 18.0 Å². The lowest BCUT2D eigenvalue weighted by molar-refractivity contribution is 0.0516. The highest BCUT2D eigenvalue weighted by molar-refractivity contribution is 7.92. The molecule has 0 unspecified atom stereocenters. The summed E-state index contributed by atoms with van der Waals surface area (Å²) in [6.07, 6.45) is 1.05. The zero-order valence-electron chi connectivity index (χ0n) is 12.6. The van der Waals surface area contributed by atoms with E-state index in [0.717, 1.165) is 6.26 Å². The standard InChI is InChI=1S/C15H14ClN3O4S/c1-24(21,22)19-11-8-6-10(7-9-11)14(17)18-23-15(20)12-4-2-3-5-13(12)16/h2-9,19H,1H3,(H2,17,18). The first kappa shape index (κ1) is 17.8. The van der Waals surface area contributed by atoms with Crippen LogP contribution in [0.3, 0.4) is 0 Å². The first-order valence-corrected chi connectivity index (χ1v) is 8.91. The minimum atomic E-state index is -3.36. The maximum absolute atomic E-state index is 11.9. The fourth-order valence-electron chi connectivity index (χ4n) is 1.74. The molecule has 24 heavy (non-hydrogen) atoms. The Morgan fingerprint density at radius 2 is 1.79 bits per heavy atom. The van der Waals surface area contributed by atoms with E-state index in [1.807, 2.05) is 0 Å². The Morgan fingerprint density at radius 3 is 2.38 bits per heavy atom. The van der Waals surface area contributed by atoms with E-state index in [1.165, 1.54) is 30.3 Å². The second kappa shape index (κ2) is 7.33. The van der Waals surface area contributed by atoms with E-state index < -0.39 is 16.0 Å². The molecule has 0 atom stereocenters. The molecule has 0 bridgehead atoms. The largest absolute Gasteiger partial charge is 0.380 e. The summed E-state index contributed by atoms with van der Waals surface area (Å²) in [6.45, 7) is 0. The molecule has 0 spiro atoms. The predicted octanol–water partition coefficient (Wildman–Crippen LogP) is 2.19. The van der Waals surface area contributed by atoms with Crippen LogP contribution in [0.1, 0.15) is 15.9 Å². The molecule has 9 heteroatoms. The number of carbonyl (C=O) groups is 1. The lowest BCUT2D eigenvalue weighted by Gasteiger charge is -2.05. The van der Waals surface area contributed by atoms with Crippen LogP contribution in [0.2, 0.25) is 5.02 Å². The van der Waals surface area contributed by atoms with Gasteiger partial charge in [-0.05, 0) is 36.4 Å². The van der Waals surface area contributed by atoms with Gasteiger partial charge in [-0.2, -0.15) is 0 Å². The topological polar surface area (TPSA) is 111 Å². The molecule has 0 aromatic heterocycles. The average molecular weight is 368 g/mol. The van der Waals surface area contributed by atoms with Gasteiger partial charge in [-0.3, -0.25) is 4.72 Å². The third-order valence-corrected chi connectivity index (χ3v) is 3.74. The number of carbonyl (C=O) groups excluding carboxylic acids is 1. The van der Waals surface area contributed by atoms with Crippen molar-refractivity contribution in [2.75, 3.05) is 11.0 Å². The highest BCUT2D eigenvalue weighted by Crippen LogP contribution is 2.16. The van der Waals surface area contributed by atoms with Crippen LogP contribution in [0.15, 0.2) is 53.7 Å². The lowest BCUT2D eigenvalue weighted by atomic mass is 10.2. The fraction of sp³-hybridized carbons (Fsp3) is 0.0667. The van der Waals surface area contributed by atoms with Gasteiger partial charge in [0, 0.05) is 11.3 Å². The van der Waals surface area contributed by atoms with E-state index in [1.54, 1.807) is 18.2 Å². The third kappa shape index (κ3) is 4.97. The molecule has 0 aliphatic carbocycles. The predicted molar refractivity (Wildman–Crippen MR) is 92.5 cm³/mol. The SMILES string of the molecule is CS(=O)(=O)Nc1ccc(/C(N)=N\OC(=O)c2ccccc2Cl)cc1. The number of nitrogens with one attached hydrogen (secondary N) is 1. The van der Waals surface area contributed by atoms with Crippen LogP contribution in [-0.4, -0.2) is 26.5 Å². The summed E-state index contributed by atoms with van der Waals surface area (Å²) in [5, 5.41) is 3.81. The van der Waals surface area contributed by atoms with Gasteiger partial charge in [0.05, 0.1) is 16.8 Å². The number of halogens is 1. The molecular weight excluding hydrogens is 354 g/mol. The van der Waals surface area contributed by atoms with E-state index in [0.29, 0.717) is 11.3 Å². The summed E-state index contributed by atoms with van der Waals surface area (Å²) in [4.78, 5) is 16.6. The van der Waals surface area contributed by atoms with Gasteiger partial charge in [0.1, 0.15) is 0 Å². The Kier molecular flexibility index (Phi) is 5.42. The quantitative estimate of drug-likeness (QED) is 0.364. The summed E-state index contributed by atoms with van der Waals surface area (Å²) in [5.41, 5.74) is 6.74. The van der Waals surface area contributed by atoms with Crippen molar-refractivity contribution in [1.29, 1.82) is 0 Å². The molecule has 0 radical (unpaired) electrons. The molecule has 0 saturated carbocycles. The summed E-state index contributed by atoms with van der Waals surface area (Å²) in [7, 11) is -3.36. The van der Waals surface area contributed by atoms with Crippen LogP contribution in [0.4, 0.5) is 5.69 Å². The number of nitrogens with two attached hydrogens (primary N) is 1. The number of amidine groups is 1. The monoisotopic (exact) mass is 367 g/mol. The van der Waals surface area contributed by atoms with Crippen LogP contribution in [0.5, 0.6) is 0 Å². The van der Waals surface area contributed by atoms with Gasteiger partial charge in [-0.15, -0.1) is 0 Å². The zero-order valence-corrected chi connectivity index (χ0v) is 14.1. The van der Waals surface area contributed by atoms with Gasteiger partial charge < -0.3 is 10.6 Å². The Hall–Kier alpha value is -2.58. The second-order valence-corrected chi connectivity index (χ2v) is 6.94. The maximum Gasteiger partial charge on any atom is 0.367 e. The van der Waals surface area contributed by atoms with Crippen molar-refractivity contribution in [3.8, 4) is 0 Å². The van der Waals surface area contributed by atoms with Gasteiger partial charge in [0.25, 0.3) is 0 Å². The summed E-state index contributed by atoms with van der Waals surface area (Å²) < 4.78 is 24.6. The number of anilines is 1. The Morgan fingerprint density at radius 1 is 1.17 bits per heavy atom. The molecule has 2 aromatic rings. The van der Waals surface area contributed by atoms with Gasteiger partial charge in [0.15, 0.2) is 5.84 Å². The Labute approximate surface area is 144 Å². The molecule has 3 N–H and O–H groups in total. The van der Waals surface area contributed by atoms with E-state index in [4.69, 9.17) is 22.2 Å². The number of hydrogen-bond donors (Lipinski definition) is 2. The third-order valence-electron chi connectivity index (χ3n) is 2.80. The number of benzene rings is 2. The molecule has 0 saturated heterocycles. The molecular formula is C15H14ClN3O4S. The average Bonchev–Trinajstić information content (AvgIpc) is 2.52. The number of hydrogen-bond acceptors (Lipinski definition) is 5. The van der Waals surface area contributed by atoms with Crippen LogP contribution in [0.25, 0.3) is 0 Å². The Bertz CT molecular complexity index is 880. The second-order valence-electron chi connectivity index (χ2n) is 4.79. The van der Waals surface area contributed by atoms with Crippen molar-refractivity contribution >= 4 is 39.1 Å². The molecule has 2 aromatic carbocycles. The van der Waals surface area contributed by atoms with Crippen molar-refractivity contribution in [3.05, 3.63) is 64.7 Å². The van der Waals surface area contributed by atoms with Crippen LogP contribution in [-0.2, 0) is 14.9 Å². The molecule has 126 valence electrons. The van der Waals surface area contributed by atoms with E-state index in [-0.39, 0.29) is 16.4 Å². The normalized spacial score (nSPS) is 11.8. The van der Waals surface area contributed by atoms with Crippen LogP contribution < -0.4 is 10.5 Å². The van der Waals surface area contributed by atoms with Gasteiger partial charge >= 0.3 is 5.97 Å². The lowest BCUT2D eigenvalue weighted by Crippen LogP contribution is -2.16. The zero-order chi connectivity index (χ0) is 17.7. The van der Waals surface area contributed by atoms with Crippen molar-refractivity contribution in [2.24, 2.45) is 10.9 Å². The van der Waals surface area contributed by atoms with Crippen molar-refractivity contribution in [1.82, 2.24) is 0 Å². The minimum Gasteiger partial charge on any atom is -0.380 e. The highest BCUT2D eigenvalue weighted by Gasteiger charge is 2.11. The molecule has 0 aliphatic rings. The summed E-state index contributed by atoms with van der Waals surface area (Å²) >= 11 is 5.89. The molecule has 2 rings (SSSR count). The highest BCUT2D eigenvalue weighted by atomic mass is 35.5. The van der Waals surface area contributed by atoms with Gasteiger partial charge in [0.2, 0.25) is 10.0 Å². The number of oxime groups is 1. The van der Waals surface area contributed by atoms with E-state index >= 15 is 0 Å². The van der Waals surface area contributed by atoms with Crippen LogP contribution in [0, 0.1) is 0 Å². The minimum absolute atomic E-state index is 0.0405. The maximum atomic E-state index is 11.9. The number of sulfonamides is 1. The summed E-state index contributed by atoms with van der Waals surface area (Å²) in [5.74, 6) is -0.778. The molecule has 0 fully saturated rings. The number of rotatable bonds is 5. The van der Waals surface area contributed by atoms with Gasteiger partial charge in [-0.1, -0.05) is 28.9 Å². The van der Waals surface area contributed by atoms with Crippen LogP contribution >= 0.6 is 11.6 Å². The number of nitrogens with zero attached hydrogens (tertiary/aromatic N) is 1. The molecule has 0 amide bonds. The van der Waals surface area contributed by atoms with Gasteiger partial charge in [-0.25, -0.2) is 13.2 Å². The summed E-state index contributed by atoms with van der Waals surface area (Å²) in [6, 6.07) is 12.5. The first-order chi connectivity index (χ1) is 11.3. The van der Waals surface area contributed by atoms with Crippen molar-refractivity contribution in [3.63, 3.8) is 0 Å². The smallest absolute Gasteiger partial charge is 0.367 e. The van der Waals surface area contributed by atoms with Crippen molar-refractivity contribution in [2.45, 2.75) is 0 Å². The molecule has 0 heterocycles. The van der Waals surface area contributed by atoms with E-state index in [2.05, 4.69) is 9.88 Å². The fourth-order valence-corrected chi connectivity index (χ4v) is 2.52.